The third-order valence-corrected chi connectivity index (χ3v) is 1.17. The summed E-state index contributed by atoms with van der Waals surface area (Å²) in [5, 5.41) is 0. The van der Waals surface area contributed by atoms with Gasteiger partial charge in [-0.25, -0.2) is 0 Å². The first-order valence-corrected chi connectivity index (χ1v) is 3.27. The minimum absolute atomic E-state index is 0.581. The van der Waals surface area contributed by atoms with Crippen molar-refractivity contribution in [3.63, 3.8) is 0 Å². The summed E-state index contributed by atoms with van der Waals surface area (Å²) in [6.45, 7) is 1.86. The first-order valence-electron chi connectivity index (χ1n) is 3.27. The summed E-state index contributed by atoms with van der Waals surface area (Å²) in [6, 6.07) is 0. The minimum atomic E-state index is 0.581. The topological polar surface area (TPSA) is 27.7 Å². The zero-order chi connectivity index (χ0) is 8.69. The molecule has 0 aromatic heterocycles. The highest BCUT2D eigenvalue weighted by Gasteiger charge is 2.02. The maximum atomic E-state index is 4.99. The van der Waals surface area contributed by atoms with Gasteiger partial charge < -0.3 is 14.2 Å². The Bertz CT molecular complexity index is 159. The van der Waals surface area contributed by atoms with E-state index in [9.17, 15) is 0 Å². The molecule has 0 unspecified atom stereocenters. The summed E-state index contributed by atoms with van der Waals surface area (Å²) in [6.07, 6.45) is 3.28. The second-order valence-electron chi connectivity index (χ2n) is 1.78. The summed E-state index contributed by atoms with van der Waals surface area (Å²) >= 11 is 0. The van der Waals surface area contributed by atoms with Crippen molar-refractivity contribution in [2.75, 3.05) is 21.3 Å². The molecule has 0 bridgehead atoms. The molecule has 0 radical (unpaired) electrons. The van der Waals surface area contributed by atoms with Gasteiger partial charge >= 0.3 is 0 Å². The number of rotatable bonds is 4. The van der Waals surface area contributed by atoms with Crippen LogP contribution in [-0.2, 0) is 14.2 Å². The third-order valence-electron chi connectivity index (χ3n) is 1.17. The maximum Gasteiger partial charge on any atom is 0.195 e. The van der Waals surface area contributed by atoms with Crippen molar-refractivity contribution >= 4 is 0 Å². The first-order chi connectivity index (χ1) is 5.29. The van der Waals surface area contributed by atoms with Crippen molar-refractivity contribution < 1.29 is 14.2 Å². The zero-order valence-corrected chi connectivity index (χ0v) is 7.38. The molecule has 0 aromatic carbocycles. The molecule has 0 fully saturated rings. The molecule has 0 heterocycles. The van der Waals surface area contributed by atoms with Gasteiger partial charge in [0.15, 0.2) is 11.5 Å². The molecule has 0 saturated heterocycles. The van der Waals surface area contributed by atoms with Crippen molar-refractivity contribution in [3.8, 4) is 0 Å². The molecule has 0 saturated carbocycles. The van der Waals surface area contributed by atoms with E-state index in [-0.39, 0.29) is 0 Å². The molecule has 0 spiro atoms. The van der Waals surface area contributed by atoms with Crippen LogP contribution in [0.15, 0.2) is 23.9 Å². The van der Waals surface area contributed by atoms with Gasteiger partial charge in [-0.05, 0) is 13.0 Å². The van der Waals surface area contributed by atoms with Crippen LogP contribution in [0.3, 0.4) is 0 Å². The molecule has 3 heteroatoms. The molecule has 0 aromatic rings. The second kappa shape index (κ2) is 5.65. The number of allylic oxidation sites excluding steroid dienone is 1. The van der Waals surface area contributed by atoms with Crippen LogP contribution in [0, 0.1) is 0 Å². The Balaban J connectivity index is 4.35. The van der Waals surface area contributed by atoms with Gasteiger partial charge in [-0.1, -0.05) is 0 Å². The summed E-state index contributed by atoms with van der Waals surface area (Å²) in [5.74, 6) is 1.24. The van der Waals surface area contributed by atoms with E-state index in [1.807, 2.05) is 6.92 Å². The number of ether oxygens (including phenoxy) is 3. The Morgan fingerprint density at radius 2 is 1.55 bits per heavy atom. The van der Waals surface area contributed by atoms with E-state index in [0.29, 0.717) is 11.5 Å². The molecular formula is C8H14O3. The Morgan fingerprint density at radius 3 is 1.82 bits per heavy atom. The van der Waals surface area contributed by atoms with E-state index in [0.717, 1.165) is 0 Å². The molecule has 0 N–H and O–H groups in total. The van der Waals surface area contributed by atoms with Crippen molar-refractivity contribution in [2.24, 2.45) is 0 Å². The van der Waals surface area contributed by atoms with Crippen LogP contribution in [0.5, 0.6) is 0 Å². The van der Waals surface area contributed by atoms with Gasteiger partial charge in [0, 0.05) is 0 Å². The maximum absolute atomic E-state index is 4.99. The summed E-state index contributed by atoms with van der Waals surface area (Å²) < 4.78 is 14.7. The van der Waals surface area contributed by atoms with Crippen molar-refractivity contribution in [3.05, 3.63) is 23.9 Å². The highest BCUT2D eigenvalue weighted by Crippen LogP contribution is 2.10. The standard InChI is InChI=1S/C8H14O3/c1-5-7(10-3)8(11-4)6-9-2/h5-6H,1-4H3/b7-5+,8-6-. The van der Waals surface area contributed by atoms with Gasteiger partial charge in [0.05, 0.1) is 21.3 Å². The van der Waals surface area contributed by atoms with Gasteiger partial charge in [0.1, 0.15) is 6.26 Å². The van der Waals surface area contributed by atoms with Gasteiger partial charge in [-0.3, -0.25) is 0 Å². The lowest BCUT2D eigenvalue weighted by molar-refractivity contribution is 0.200. The molecule has 0 rings (SSSR count). The predicted molar refractivity (Wildman–Crippen MR) is 42.9 cm³/mol. The summed E-state index contributed by atoms with van der Waals surface area (Å²) in [7, 11) is 4.70. The van der Waals surface area contributed by atoms with E-state index in [1.54, 1.807) is 27.4 Å². The quantitative estimate of drug-likeness (QED) is 0.460. The van der Waals surface area contributed by atoms with Crippen LogP contribution < -0.4 is 0 Å². The van der Waals surface area contributed by atoms with Crippen LogP contribution in [0.2, 0.25) is 0 Å². The Kier molecular flexibility index (Phi) is 5.07. The average molecular weight is 158 g/mol. The number of hydrogen-bond donors (Lipinski definition) is 0. The average Bonchev–Trinajstić information content (AvgIpc) is 2.05. The van der Waals surface area contributed by atoms with Crippen molar-refractivity contribution in [1.29, 1.82) is 0 Å². The van der Waals surface area contributed by atoms with Crippen LogP contribution in [0.25, 0.3) is 0 Å². The fourth-order valence-corrected chi connectivity index (χ4v) is 0.675. The Morgan fingerprint density at radius 1 is 1.00 bits per heavy atom. The lowest BCUT2D eigenvalue weighted by Gasteiger charge is -2.07. The van der Waals surface area contributed by atoms with Gasteiger partial charge in [-0.2, -0.15) is 0 Å². The molecular weight excluding hydrogens is 144 g/mol. The first kappa shape index (κ1) is 9.88. The molecule has 0 aliphatic rings. The lowest BCUT2D eigenvalue weighted by atomic mass is 10.4. The fourth-order valence-electron chi connectivity index (χ4n) is 0.675. The van der Waals surface area contributed by atoms with Gasteiger partial charge in [-0.15, -0.1) is 0 Å². The zero-order valence-electron chi connectivity index (χ0n) is 7.38. The van der Waals surface area contributed by atoms with Crippen LogP contribution in [0.4, 0.5) is 0 Å². The SMILES string of the molecule is C/C=C(OC)\C(=C\OC)OC. The Labute approximate surface area is 67.3 Å². The van der Waals surface area contributed by atoms with E-state index in [2.05, 4.69) is 0 Å². The highest BCUT2D eigenvalue weighted by molar-refractivity contribution is 5.17. The van der Waals surface area contributed by atoms with E-state index < -0.39 is 0 Å². The summed E-state index contributed by atoms with van der Waals surface area (Å²) in [4.78, 5) is 0. The normalized spacial score (nSPS) is 12.7. The molecule has 64 valence electrons. The lowest BCUT2D eigenvalue weighted by Crippen LogP contribution is -1.95. The molecule has 0 atom stereocenters. The molecule has 0 aliphatic carbocycles. The predicted octanol–water partition coefficient (Wildman–Crippen LogP) is 1.67. The largest absolute Gasteiger partial charge is 0.500 e. The van der Waals surface area contributed by atoms with E-state index in [1.165, 1.54) is 6.26 Å². The van der Waals surface area contributed by atoms with Crippen molar-refractivity contribution in [2.45, 2.75) is 6.92 Å². The third kappa shape index (κ3) is 2.98. The van der Waals surface area contributed by atoms with Crippen LogP contribution in [0.1, 0.15) is 6.92 Å². The summed E-state index contributed by atoms with van der Waals surface area (Å²) in [5.41, 5.74) is 0. The molecule has 11 heavy (non-hydrogen) atoms. The smallest absolute Gasteiger partial charge is 0.195 e. The fraction of sp³-hybridized carbons (Fsp3) is 0.500. The Hall–Kier alpha value is -1.12. The van der Waals surface area contributed by atoms with Gasteiger partial charge in [0.25, 0.3) is 0 Å². The molecule has 3 nitrogen and oxygen atoms in total. The molecule has 0 amide bonds. The number of hydrogen-bond acceptors (Lipinski definition) is 3. The monoisotopic (exact) mass is 158 g/mol. The highest BCUT2D eigenvalue weighted by atomic mass is 16.5. The van der Waals surface area contributed by atoms with Crippen molar-refractivity contribution in [1.82, 2.24) is 0 Å². The van der Waals surface area contributed by atoms with Crippen LogP contribution >= 0.6 is 0 Å². The number of methoxy groups -OCH3 is 3. The minimum Gasteiger partial charge on any atom is -0.500 e. The molecule has 0 aliphatic heterocycles. The van der Waals surface area contributed by atoms with Gasteiger partial charge in [0.2, 0.25) is 0 Å². The second-order valence-corrected chi connectivity index (χ2v) is 1.78. The van der Waals surface area contributed by atoms with E-state index >= 15 is 0 Å². The van der Waals surface area contributed by atoms with Crippen LogP contribution in [-0.4, -0.2) is 21.3 Å². The van der Waals surface area contributed by atoms with E-state index in [4.69, 9.17) is 14.2 Å².